The molecule has 6 heteroatoms. The maximum absolute atomic E-state index is 5.28. The van der Waals surface area contributed by atoms with Crippen molar-refractivity contribution in [2.75, 3.05) is 18.5 Å². The first kappa shape index (κ1) is 13.0. The molecule has 0 aromatic carbocycles. The number of hydrogen-bond acceptors (Lipinski definition) is 4. The highest BCUT2D eigenvalue weighted by Gasteiger charge is 2.15. The molecule has 1 N–H and O–H groups in total. The largest absolute Gasteiger partial charge is 0.379 e. The van der Waals surface area contributed by atoms with Crippen LogP contribution in [0.1, 0.15) is 12.2 Å². The minimum atomic E-state index is 0. The predicted octanol–water partition coefficient (Wildman–Crippen LogP) is 1.70. The van der Waals surface area contributed by atoms with Gasteiger partial charge in [0.2, 0.25) is 0 Å². The summed E-state index contributed by atoms with van der Waals surface area (Å²) in [4.78, 5) is 8.53. The fraction of sp³-hybridized carbons (Fsp3) is 0.556. The van der Waals surface area contributed by atoms with Crippen LogP contribution in [0.25, 0.3) is 0 Å². The zero-order valence-electron chi connectivity index (χ0n) is 8.46. The number of halogens is 1. The van der Waals surface area contributed by atoms with E-state index in [1.165, 1.54) is 0 Å². The highest BCUT2D eigenvalue weighted by Crippen LogP contribution is 2.13. The highest BCUT2D eigenvalue weighted by molar-refractivity contribution is 14.1. The predicted molar refractivity (Wildman–Crippen MR) is 72.7 cm³/mol. The number of ether oxygens (including phenoxy) is 1. The third-order valence-corrected chi connectivity index (χ3v) is 2.64. The van der Waals surface area contributed by atoms with Crippen LogP contribution in [0, 0.1) is 10.6 Å². The second-order valence-corrected chi connectivity index (χ2v) is 4.43. The Bertz CT molecular complexity index is 311. The molecule has 2 rings (SSSR count). The Hall–Kier alpha value is -0.0800. The van der Waals surface area contributed by atoms with Gasteiger partial charge in [0.05, 0.1) is 12.6 Å². The standard InChI is InChI=1S/C9H12IN3O.H2S/c1-6-11-8(10)4-9(12-6)13-7-2-3-14-5-7;/h4,7H,2-3,5H2,1H3,(H,11,12,13);1H2. The maximum Gasteiger partial charge on any atom is 0.131 e. The summed E-state index contributed by atoms with van der Waals surface area (Å²) in [5.41, 5.74) is 0. The molecule has 0 saturated carbocycles. The summed E-state index contributed by atoms with van der Waals surface area (Å²) in [7, 11) is 0. The van der Waals surface area contributed by atoms with E-state index in [0.29, 0.717) is 6.04 Å². The number of rotatable bonds is 2. The molecular weight excluding hydrogens is 325 g/mol. The molecule has 1 unspecified atom stereocenters. The Balaban J connectivity index is 0.00000112. The highest BCUT2D eigenvalue weighted by atomic mass is 127. The molecule has 0 radical (unpaired) electrons. The van der Waals surface area contributed by atoms with Crippen LogP contribution in [0.15, 0.2) is 6.07 Å². The van der Waals surface area contributed by atoms with Crippen molar-refractivity contribution < 1.29 is 4.74 Å². The lowest BCUT2D eigenvalue weighted by Gasteiger charge is -2.11. The third kappa shape index (κ3) is 3.76. The van der Waals surface area contributed by atoms with E-state index in [2.05, 4.69) is 37.9 Å². The van der Waals surface area contributed by atoms with Crippen molar-refractivity contribution >= 4 is 41.9 Å². The molecule has 2 heterocycles. The molecule has 1 saturated heterocycles. The molecular formula is C9H14IN3OS. The Morgan fingerprint density at radius 2 is 2.33 bits per heavy atom. The van der Waals surface area contributed by atoms with Crippen molar-refractivity contribution in [3.05, 3.63) is 15.6 Å². The number of aromatic nitrogens is 2. The lowest BCUT2D eigenvalue weighted by molar-refractivity contribution is 0.195. The van der Waals surface area contributed by atoms with E-state index < -0.39 is 0 Å². The molecule has 1 aromatic heterocycles. The van der Waals surface area contributed by atoms with Crippen molar-refractivity contribution in [1.29, 1.82) is 0 Å². The topological polar surface area (TPSA) is 47.0 Å². The van der Waals surface area contributed by atoms with Crippen LogP contribution in [0.5, 0.6) is 0 Å². The summed E-state index contributed by atoms with van der Waals surface area (Å²) in [5, 5.41) is 3.34. The normalized spacial score (nSPS) is 19.7. The zero-order valence-corrected chi connectivity index (χ0v) is 11.6. The van der Waals surface area contributed by atoms with Crippen LogP contribution in [0.4, 0.5) is 5.82 Å². The lowest BCUT2D eigenvalue weighted by Crippen LogP contribution is -2.20. The van der Waals surface area contributed by atoms with Crippen molar-refractivity contribution in [2.24, 2.45) is 0 Å². The van der Waals surface area contributed by atoms with Gasteiger partial charge in [-0.2, -0.15) is 13.5 Å². The van der Waals surface area contributed by atoms with E-state index >= 15 is 0 Å². The van der Waals surface area contributed by atoms with Gasteiger partial charge in [0.1, 0.15) is 15.3 Å². The number of hydrogen-bond donors (Lipinski definition) is 1. The van der Waals surface area contributed by atoms with Crippen LogP contribution >= 0.6 is 36.1 Å². The molecule has 1 aliphatic rings. The zero-order chi connectivity index (χ0) is 9.97. The van der Waals surface area contributed by atoms with Crippen molar-refractivity contribution in [1.82, 2.24) is 9.97 Å². The van der Waals surface area contributed by atoms with Crippen LogP contribution in [-0.2, 0) is 4.74 Å². The van der Waals surface area contributed by atoms with Gasteiger partial charge in [0.15, 0.2) is 0 Å². The van der Waals surface area contributed by atoms with Gasteiger partial charge in [-0.3, -0.25) is 0 Å². The van der Waals surface area contributed by atoms with Gasteiger partial charge in [-0.25, -0.2) is 9.97 Å². The van der Waals surface area contributed by atoms with Crippen LogP contribution in [-0.4, -0.2) is 29.2 Å². The molecule has 4 nitrogen and oxygen atoms in total. The first-order valence-electron chi connectivity index (χ1n) is 4.59. The van der Waals surface area contributed by atoms with Crippen LogP contribution in [0.3, 0.4) is 0 Å². The van der Waals surface area contributed by atoms with Gasteiger partial charge in [-0.15, -0.1) is 0 Å². The third-order valence-electron chi connectivity index (χ3n) is 2.09. The molecule has 15 heavy (non-hydrogen) atoms. The molecule has 0 bridgehead atoms. The number of anilines is 1. The summed E-state index contributed by atoms with van der Waals surface area (Å²) in [6.07, 6.45) is 1.06. The monoisotopic (exact) mass is 339 g/mol. The number of nitrogens with one attached hydrogen (secondary N) is 1. The molecule has 1 fully saturated rings. The van der Waals surface area contributed by atoms with E-state index in [1.54, 1.807) is 0 Å². The molecule has 1 atom stereocenters. The van der Waals surface area contributed by atoms with E-state index in [-0.39, 0.29) is 13.5 Å². The fourth-order valence-corrected chi connectivity index (χ4v) is 2.11. The van der Waals surface area contributed by atoms with E-state index in [4.69, 9.17) is 4.74 Å². The van der Waals surface area contributed by atoms with Crippen molar-refractivity contribution in [3.8, 4) is 0 Å². The minimum absolute atomic E-state index is 0. The molecule has 84 valence electrons. The van der Waals surface area contributed by atoms with Crippen LogP contribution < -0.4 is 5.32 Å². The minimum Gasteiger partial charge on any atom is -0.379 e. The molecule has 0 spiro atoms. The summed E-state index contributed by atoms with van der Waals surface area (Å²) in [6.45, 7) is 3.52. The molecule has 1 aliphatic heterocycles. The molecule has 0 aliphatic carbocycles. The van der Waals surface area contributed by atoms with Gasteiger partial charge < -0.3 is 10.1 Å². The number of aryl methyl sites for hydroxylation is 1. The van der Waals surface area contributed by atoms with Gasteiger partial charge in [-0.05, 0) is 35.9 Å². The Morgan fingerprint density at radius 1 is 1.53 bits per heavy atom. The summed E-state index contributed by atoms with van der Waals surface area (Å²) in [6, 6.07) is 2.35. The van der Waals surface area contributed by atoms with Gasteiger partial charge in [0, 0.05) is 12.7 Å². The van der Waals surface area contributed by atoms with Crippen molar-refractivity contribution in [2.45, 2.75) is 19.4 Å². The Kier molecular flexibility index (Phi) is 5.07. The second-order valence-electron chi connectivity index (χ2n) is 3.33. The maximum atomic E-state index is 5.28. The Morgan fingerprint density at radius 3 is 2.93 bits per heavy atom. The summed E-state index contributed by atoms with van der Waals surface area (Å²) < 4.78 is 6.25. The quantitative estimate of drug-likeness (QED) is 0.658. The second kappa shape index (κ2) is 5.86. The number of nitrogens with zero attached hydrogens (tertiary/aromatic N) is 2. The summed E-state index contributed by atoms with van der Waals surface area (Å²) >= 11 is 2.20. The van der Waals surface area contributed by atoms with E-state index in [9.17, 15) is 0 Å². The molecule has 0 amide bonds. The lowest BCUT2D eigenvalue weighted by atomic mass is 10.2. The average molecular weight is 339 g/mol. The fourth-order valence-electron chi connectivity index (χ4n) is 1.46. The van der Waals surface area contributed by atoms with Crippen molar-refractivity contribution in [3.63, 3.8) is 0 Å². The first-order valence-corrected chi connectivity index (χ1v) is 5.67. The van der Waals surface area contributed by atoms with Gasteiger partial charge >= 0.3 is 0 Å². The SMILES string of the molecule is Cc1nc(I)cc(NC2CCOC2)n1.S. The van der Waals surface area contributed by atoms with E-state index in [1.807, 2.05) is 13.0 Å². The van der Waals surface area contributed by atoms with Gasteiger partial charge in [0.25, 0.3) is 0 Å². The first-order chi connectivity index (χ1) is 6.74. The molecule has 1 aromatic rings. The van der Waals surface area contributed by atoms with Gasteiger partial charge in [-0.1, -0.05) is 0 Å². The van der Waals surface area contributed by atoms with Crippen LogP contribution in [0.2, 0.25) is 0 Å². The smallest absolute Gasteiger partial charge is 0.131 e. The Labute approximate surface area is 110 Å². The van der Waals surface area contributed by atoms with E-state index in [0.717, 1.165) is 35.0 Å². The summed E-state index contributed by atoms with van der Waals surface area (Å²) in [5.74, 6) is 1.70. The average Bonchev–Trinajstić information content (AvgIpc) is 2.54.